The SMILES string of the molecule is CCCCCC(=O)OCCOCCOCCOCCOCCOCCOCCOCCOCCOCCOCCCCCC(=O)Nc1cccc2c1C(=O)N(C1CCC(=O)NC1=O)C2=O. The number of imide groups is 2. The number of amides is 5. The van der Waals surface area contributed by atoms with Crippen molar-refractivity contribution in [3.05, 3.63) is 29.3 Å². The maximum atomic E-state index is 13.2. The maximum Gasteiger partial charge on any atom is 0.305 e. The van der Waals surface area contributed by atoms with Gasteiger partial charge in [-0.25, -0.2) is 0 Å². The van der Waals surface area contributed by atoms with Crippen molar-refractivity contribution in [3.8, 4) is 0 Å². The van der Waals surface area contributed by atoms with Crippen LogP contribution in [0.25, 0.3) is 0 Å². The Bertz CT molecular complexity index is 1530. The predicted octanol–water partition coefficient (Wildman–Crippen LogP) is 2.88. The van der Waals surface area contributed by atoms with Crippen LogP contribution in [0.1, 0.15) is 91.8 Å². The highest BCUT2D eigenvalue weighted by Gasteiger charge is 2.45. The predicted molar refractivity (Wildman–Crippen MR) is 234 cm³/mol. The van der Waals surface area contributed by atoms with Gasteiger partial charge in [-0.05, 0) is 37.8 Å². The lowest BCUT2D eigenvalue weighted by Crippen LogP contribution is -2.54. The summed E-state index contributed by atoms with van der Waals surface area (Å²) in [4.78, 5) is 75.1. The number of nitrogens with zero attached hydrogens (tertiary/aromatic N) is 1. The van der Waals surface area contributed by atoms with Crippen molar-refractivity contribution in [2.75, 3.05) is 144 Å². The molecule has 0 spiro atoms. The van der Waals surface area contributed by atoms with Crippen molar-refractivity contribution in [3.63, 3.8) is 0 Å². The summed E-state index contributed by atoms with van der Waals surface area (Å²) in [6, 6.07) is 3.52. The van der Waals surface area contributed by atoms with Crippen LogP contribution >= 0.6 is 0 Å². The first-order valence-electron chi connectivity index (χ1n) is 22.9. The van der Waals surface area contributed by atoms with E-state index in [9.17, 15) is 28.8 Å². The number of rotatable bonds is 42. The third-order valence-electron chi connectivity index (χ3n) is 9.76. The lowest BCUT2D eigenvalue weighted by Gasteiger charge is -2.27. The van der Waals surface area contributed by atoms with Gasteiger partial charge in [0.25, 0.3) is 11.8 Å². The van der Waals surface area contributed by atoms with E-state index in [1.54, 1.807) is 12.1 Å². The second-order valence-corrected chi connectivity index (χ2v) is 14.8. The van der Waals surface area contributed by atoms with E-state index < -0.39 is 29.7 Å². The summed E-state index contributed by atoms with van der Waals surface area (Å²) in [5.74, 6) is -2.90. The maximum absolute atomic E-state index is 13.2. The van der Waals surface area contributed by atoms with Crippen molar-refractivity contribution in [2.45, 2.75) is 77.2 Å². The van der Waals surface area contributed by atoms with Gasteiger partial charge in [-0.1, -0.05) is 32.3 Å². The number of ether oxygens (including phenoxy) is 11. The Morgan fingerprint density at radius 1 is 0.569 bits per heavy atom. The number of anilines is 1. The fourth-order valence-electron chi connectivity index (χ4n) is 6.39. The largest absolute Gasteiger partial charge is 0.463 e. The van der Waals surface area contributed by atoms with Gasteiger partial charge in [-0.3, -0.25) is 39.0 Å². The number of piperidine rings is 1. The molecule has 368 valence electrons. The van der Waals surface area contributed by atoms with Gasteiger partial charge < -0.3 is 57.4 Å². The number of hydrogen-bond donors (Lipinski definition) is 2. The van der Waals surface area contributed by atoms with E-state index in [0.29, 0.717) is 145 Å². The summed E-state index contributed by atoms with van der Waals surface area (Å²) in [5.41, 5.74) is 0.373. The highest BCUT2D eigenvalue weighted by molar-refractivity contribution is 6.26. The smallest absolute Gasteiger partial charge is 0.305 e. The van der Waals surface area contributed by atoms with Gasteiger partial charge in [0.15, 0.2) is 0 Å². The molecular weight excluding hydrogens is 854 g/mol. The molecule has 2 N–H and O–H groups in total. The summed E-state index contributed by atoms with van der Waals surface area (Å²) >= 11 is 0. The molecule has 2 aliphatic rings. The van der Waals surface area contributed by atoms with Gasteiger partial charge in [0.2, 0.25) is 17.7 Å². The lowest BCUT2D eigenvalue weighted by atomic mass is 10.0. The molecule has 20 nitrogen and oxygen atoms in total. The number of carbonyl (C=O) groups is 6. The molecule has 1 unspecified atom stereocenters. The van der Waals surface area contributed by atoms with E-state index in [1.807, 2.05) is 0 Å². The highest BCUT2D eigenvalue weighted by Crippen LogP contribution is 2.32. The molecule has 2 aliphatic heterocycles. The van der Waals surface area contributed by atoms with Gasteiger partial charge in [0.1, 0.15) is 12.6 Å². The first-order chi connectivity index (χ1) is 31.8. The molecule has 1 fully saturated rings. The summed E-state index contributed by atoms with van der Waals surface area (Å²) in [7, 11) is 0. The van der Waals surface area contributed by atoms with Crippen LogP contribution in [-0.2, 0) is 71.3 Å². The Morgan fingerprint density at radius 3 is 1.51 bits per heavy atom. The molecule has 0 radical (unpaired) electrons. The Hall–Kier alpha value is -3.96. The van der Waals surface area contributed by atoms with Crippen LogP contribution in [-0.4, -0.2) is 185 Å². The van der Waals surface area contributed by atoms with Gasteiger partial charge in [0, 0.05) is 25.9 Å². The second kappa shape index (κ2) is 36.2. The molecule has 20 heteroatoms. The number of unbranched alkanes of at least 4 members (excludes halogenated alkanes) is 4. The second-order valence-electron chi connectivity index (χ2n) is 14.8. The van der Waals surface area contributed by atoms with Gasteiger partial charge in [0.05, 0.1) is 142 Å². The van der Waals surface area contributed by atoms with Crippen LogP contribution in [0.2, 0.25) is 0 Å². The first-order valence-corrected chi connectivity index (χ1v) is 22.9. The van der Waals surface area contributed by atoms with Crippen molar-refractivity contribution >= 4 is 41.2 Å². The summed E-state index contributed by atoms with van der Waals surface area (Å²) in [6.07, 6.45) is 5.87. The minimum Gasteiger partial charge on any atom is -0.463 e. The van der Waals surface area contributed by atoms with Gasteiger partial charge in [-0.2, -0.15) is 0 Å². The van der Waals surface area contributed by atoms with E-state index in [-0.39, 0.29) is 54.6 Å². The molecule has 3 rings (SSSR count). The minimum absolute atomic E-state index is 0.0253. The zero-order valence-electron chi connectivity index (χ0n) is 38.1. The zero-order valence-corrected chi connectivity index (χ0v) is 38.1. The highest BCUT2D eigenvalue weighted by atomic mass is 16.6. The lowest BCUT2D eigenvalue weighted by molar-refractivity contribution is -0.145. The van der Waals surface area contributed by atoms with E-state index in [4.69, 9.17) is 52.1 Å². The third-order valence-corrected chi connectivity index (χ3v) is 9.76. The molecule has 1 aromatic carbocycles. The quantitative estimate of drug-likeness (QED) is 0.0545. The average Bonchev–Trinajstić information content (AvgIpc) is 3.55. The molecule has 1 saturated heterocycles. The average molecular weight is 926 g/mol. The van der Waals surface area contributed by atoms with Crippen LogP contribution in [0, 0.1) is 0 Å². The molecule has 1 aromatic rings. The molecule has 0 bridgehead atoms. The number of esters is 1. The van der Waals surface area contributed by atoms with Gasteiger partial charge >= 0.3 is 5.97 Å². The van der Waals surface area contributed by atoms with E-state index in [0.717, 1.165) is 37.0 Å². The number of benzene rings is 1. The van der Waals surface area contributed by atoms with Crippen LogP contribution in [0.5, 0.6) is 0 Å². The summed E-state index contributed by atoms with van der Waals surface area (Å²) in [5, 5.41) is 4.91. The normalized spacial score (nSPS) is 14.8. The van der Waals surface area contributed by atoms with Crippen molar-refractivity contribution in [2.24, 2.45) is 0 Å². The molecule has 0 aliphatic carbocycles. The monoisotopic (exact) mass is 925 g/mol. The van der Waals surface area contributed by atoms with Crippen LogP contribution < -0.4 is 10.6 Å². The fraction of sp³-hybridized carbons (Fsp3) is 0.733. The number of nitrogens with one attached hydrogen (secondary N) is 2. The molecular formula is C45H71N3O17. The van der Waals surface area contributed by atoms with Crippen molar-refractivity contribution < 1.29 is 80.9 Å². The van der Waals surface area contributed by atoms with Crippen LogP contribution in [0.4, 0.5) is 5.69 Å². The summed E-state index contributed by atoms with van der Waals surface area (Å²) in [6.45, 7) is 11.5. The minimum atomic E-state index is -1.08. The molecule has 1 atom stereocenters. The topological polar surface area (TPSA) is 231 Å². The Morgan fingerprint density at radius 2 is 1.03 bits per heavy atom. The Labute approximate surface area is 382 Å². The molecule has 5 amide bonds. The molecule has 65 heavy (non-hydrogen) atoms. The summed E-state index contributed by atoms with van der Waals surface area (Å²) < 4.78 is 60.0. The van der Waals surface area contributed by atoms with E-state index in [2.05, 4.69) is 17.6 Å². The van der Waals surface area contributed by atoms with Crippen molar-refractivity contribution in [1.29, 1.82) is 0 Å². The fourth-order valence-corrected chi connectivity index (χ4v) is 6.39. The Kier molecular flexibility index (Phi) is 30.8. The Balaban J connectivity index is 0.977. The van der Waals surface area contributed by atoms with Crippen LogP contribution in [0.3, 0.4) is 0 Å². The molecule has 0 saturated carbocycles. The van der Waals surface area contributed by atoms with Crippen molar-refractivity contribution in [1.82, 2.24) is 10.2 Å². The van der Waals surface area contributed by atoms with Gasteiger partial charge in [-0.15, -0.1) is 0 Å². The number of carbonyl (C=O) groups excluding carboxylic acids is 6. The zero-order chi connectivity index (χ0) is 46.6. The molecule has 0 aromatic heterocycles. The molecule has 2 heterocycles. The standard InChI is InChI=1S/C45H71N3O17/c1-2-3-5-12-41(51)65-35-34-64-33-32-63-31-30-62-29-28-61-27-26-60-25-24-59-23-22-58-21-20-57-19-18-56-17-16-55-15-7-4-6-11-39(49)46-37-10-8-9-36-42(37)45(54)48(44(36)53)38-13-14-40(50)47-43(38)52/h8-10,38H,2-7,11-35H2,1H3,(H,46,49)(H,47,50,52). The number of fused-ring (bicyclic) bond motifs is 1. The number of hydrogen-bond acceptors (Lipinski definition) is 17. The first kappa shape index (κ1) is 55.4. The van der Waals surface area contributed by atoms with Crippen LogP contribution in [0.15, 0.2) is 18.2 Å². The van der Waals surface area contributed by atoms with E-state index >= 15 is 0 Å². The van der Waals surface area contributed by atoms with E-state index in [1.165, 1.54) is 6.07 Å². The third kappa shape index (κ3) is 24.4.